The molecule has 0 fully saturated rings. The number of halogens is 1. The van der Waals surface area contributed by atoms with Crippen molar-refractivity contribution >= 4 is 5.97 Å². The molecule has 76 valence electrons. The summed E-state index contributed by atoms with van der Waals surface area (Å²) in [5, 5.41) is 11.3. The Kier molecular flexibility index (Phi) is 3.53. The van der Waals surface area contributed by atoms with E-state index in [2.05, 4.69) is 10.3 Å². The van der Waals surface area contributed by atoms with Crippen molar-refractivity contribution in [2.24, 2.45) is 0 Å². The van der Waals surface area contributed by atoms with Gasteiger partial charge in [-0.3, -0.25) is 4.79 Å². The van der Waals surface area contributed by atoms with Gasteiger partial charge in [0.05, 0.1) is 0 Å². The fourth-order valence-electron chi connectivity index (χ4n) is 1.10. The molecule has 14 heavy (non-hydrogen) atoms. The average Bonchev–Trinajstić information content (AvgIpc) is 2.16. The number of carboxylic acid groups (broad SMARTS) is 1. The highest BCUT2D eigenvalue weighted by molar-refractivity contribution is 5.73. The lowest BCUT2D eigenvalue weighted by molar-refractivity contribution is -0.139. The highest BCUT2D eigenvalue weighted by Crippen LogP contribution is 2.06. The minimum atomic E-state index is -1.00. The van der Waals surface area contributed by atoms with Crippen LogP contribution in [0.15, 0.2) is 18.3 Å². The number of pyridine rings is 1. The first kappa shape index (κ1) is 10.6. The molecule has 0 radical (unpaired) electrons. The minimum absolute atomic E-state index is 0.0888. The molecule has 0 aliphatic rings. The number of aromatic nitrogens is 1. The van der Waals surface area contributed by atoms with E-state index in [1.54, 1.807) is 6.07 Å². The zero-order valence-electron chi connectivity index (χ0n) is 7.70. The van der Waals surface area contributed by atoms with Crippen LogP contribution in [-0.4, -0.2) is 29.1 Å². The van der Waals surface area contributed by atoms with Crippen LogP contribution in [-0.2, 0) is 11.2 Å². The molecule has 1 heterocycles. The summed E-state index contributed by atoms with van der Waals surface area (Å²) < 4.78 is 13.0. The van der Waals surface area contributed by atoms with Crippen LogP contribution in [0.3, 0.4) is 0 Å². The quantitative estimate of drug-likeness (QED) is 0.689. The lowest BCUT2D eigenvalue weighted by atomic mass is 10.1. The second-order valence-electron chi connectivity index (χ2n) is 2.84. The minimum Gasteiger partial charge on any atom is -0.480 e. The monoisotopic (exact) mass is 198 g/mol. The third-order valence-corrected chi connectivity index (χ3v) is 1.91. The van der Waals surface area contributed by atoms with Crippen molar-refractivity contribution in [3.63, 3.8) is 0 Å². The van der Waals surface area contributed by atoms with Gasteiger partial charge in [0, 0.05) is 18.2 Å². The SMILES string of the molecule is CNC(Cc1cccnc1F)C(=O)O. The average molecular weight is 198 g/mol. The molecule has 0 saturated carbocycles. The van der Waals surface area contributed by atoms with E-state index in [-0.39, 0.29) is 6.42 Å². The fraction of sp³-hybridized carbons (Fsp3) is 0.333. The molecule has 0 amide bonds. The number of hydrogen-bond acceptors (Lipinski definition) is 3. The standard InChI is InChI=1S/C9H11FN2O2/c1-11-7(9(13)14)5-6-3-2-4-12-8(6)10/h2-4,7,11H,5H2,1H3,(H,13,14). The maximum absolute atomic E-state index is 13.0. The number of likely N-dealkylation sites (N-methyl/N-ethyl adjacent to an activating group) is 1. The summed E-state index contributed by atoms with van der Waals surface area (Å²) in [5.41, 5.74) is 0.300. The fourth-order valence-corrected chi connectivity index (χ4v) is 1.10. The van der Waals surface area contributed by atoms with E-state index >= 15 is 0 Å². The van der Waals surface area contributed by atoms with Gasteiger partial charge in [-0.2, -0.15) is 4.39 Å². The molecule has 1 aromatic heterocycles. The van der Waals surface area contributed by atoms with Gasteiger partial charge in [0.2, 0.25) is 5.95 Å². The molecule has 4 nitrogen and oxygen atoms in total. The number of rotatable bonds is 4. The van der Waals surface area contributed by atoms with Crippen LogP contribution >= 0.6 is 0 Å². The van der Waals surface area contributed by atoms with Gasteiger partial charge in [-0.25, -0.2) is 4.98 Å². The summed E-state index contributed by atoms with van der Waals surface area (Å²) in [5.74, 6) is -1.62. The van der Waals surface area contributed by atoms with Crippen molar-refractivity contribution in [2.45, 2.75) is 12.5 Å². The number of carbonyl (C=O) groups is 1. The molecule has 5 heteroatoms. The van der Waals surface area contributed by atoms with Crippen LogP contribution in [0.25, 0.3) is 0 Å². The number of nitrogens with zero attached hydrogens (tertiary/aromatic N) is 1. The van der Waals surface area contributed by atoms with Gasteiger partial charge in [0.25, 0.3) is 0 Å². The molecule has 0 aliphatic heterocycles. The molecule has 0 spiro atoms. The zero-order valence-corrected chi connectivity index (χ0v) is 7.70. The third kappa shape index (κ3) is 2.50. The second-order valence-corrected chi connectivity index (χ2v) is 2.84. The van der Waals surface area contributed by atoms with E-state index in [1.165, 1.54) is 19.3 Å². The summed E-state index contributed by atoms with van der Waals surface area (Å²) in [6, 6.07) is 2.32. The number of nitrogens with one attached hydrogen (secondary N) is 1. The molecule has 1 unspecified atom stereocenters. The first-order chi connectivity index (χ1) is 6.65. The highest BCUT2D eigenvalue weighted by Gasteiger charge is 2.17. The lowest BCUT2D eigenvalue weighted by Crippen LogP contribution is -2.36. The van der Waals surface area contributed by atoms with E-state index in [9.17, 15) is 9.18 Å². The molecule has 1 aromatic rings. The van der Waals surface area contributed by atoms with Crippen molar-refractivity contribution in [2.75, 3.05) is 7.05 Å². The van der Waals surface area contributed by atoms with Gasteiger partial charge in [0.1, 0.15) is 6.04 Å². The Morgan fingerprint density at radius 2 is 2.50 bits per heavy atom. The molecular formula is C9H11FN2O2. The Labute approximate surface area is 80.8 Å². The second kappa shape index (κ2) is 4.66. The predicted molar refractivity (Wildman–Crippen MR) is 48.4 cm³/mol. The Morgan fingerprint density at radius 3 is 3.00 bits per heavy atom. The van der Waals surface area contributed by atoms with Gasteiger partial charge >= 0.3 is 5.97 Å². The van der Waals surface area contributed by atoms with Crippen molar-refractivity contribution in [3.8, 4) is 0 Å². The summed E-state index contributed by atoms with van der Waals surface area (Å²) >= 11 is 0. The van der Waals surface area contributed by atoms with E-state index in [4.69, 9.17) is 5.11 Å². The van der Waals surface area contributed by atoms with Crippen molar-refractivity contribution < 1.29 is 14.3 Å². The normalized spacial score (nSPS) is 12.4. The Balaban J connectivity index is 2.77. The van der Waals surface area contributed by atoms with Crippen molar-refractivity contribution in [3.05, 3.63) is 29.8 Å². The molecular weight excluding hydrogens is 187 g/mol. The molecule has 0 aliphatic carbocycles. The molecule has 0 bridgehead atoms. The largest absolute Gasteiger partial charge is 0.480 e. The summed E-state index contributed by atoms with van der Waals surface area (Å²) in [6.07, 6.45) is 1.42. The molecule has 1 rings (SSSR count). The lowest BCUT2D eigenvalue weighted by Gasteiger charge is -2.10. The maximum Gasteiger partial charge on any atom is 0.321 e. The Bertz CT molecular complexity index is 330. The number of aliphatic carboxylic acids is 1. The van der Waals surface area contributed by atoms with Crippen molar-refractivity contribution in [1.29, 1.82) is 0 Å². The maximum atomic E-state index is 13.0. The van der Waals surface area contributed by atoms with E-state index in [1.807, 2.05) is 0 Å². The zero-order chi connectivity index (χ0) is 10.6. The first-order valence-corrected chi connectivity index (χ1v) is 4.14. The number of carboxylic acids is 1. The van der Waals surface area contributed by atoms with E-state index < -0.39 is 18.0 Å². The summed E-state index contributed by atoms with van der Waals surface area (Å²) in [6.45, 7) is 0. The smallest absolute Gasteiger partial charge is 0.321 e. The van der Waals surface area contributed by atoms with E-state index in [0.717, 1.165) is 0 Å². The van der Waals surface area contributed by atoms with Crippen LogP contribution in [0.5, 0.6) is 0 Å². The van der Waals surface area contributed by atoms with Crippen LogP contribution in [0, 0.1) is 5.95 Å². The topological polar surface area (TPSA) is 62.2 Å². The van der Waals surface area contributed by atoms with Gasteiger partial charge in [-0.05, 0) is 13.1 Å². The van der Waals surface area contributed by atoms with Crippen LogP contribution in [0.2, 0.25) is 0 Å². The molecule has 0 saturated heterocycles. The number of hydrogen-bond donors (Lipinski definition) is 2. The van der Waals surface area contributed by atoms with E-state index in [0.29, 0.717) is 5.56 Å². The van der Waals surface area contributed by atoms with Crippen LogP contribution in [0.1, 0.15) is 5.56 Å². The van der Waals surface area contributed by atoms with Gasteiger partial charge in [0.15, 0.2) is 0 Å². The summed E-state index contributed by atoms with van der Waals surface area (Å²) in [4.78, 5) is 14.1. The van der Waals surface area contributed by atoms with Gasteiger partial charge in [-0.15, -0.1) is 0 Å². The van der Waals surface area contributed by atoms with Crippen LogP contribution < -0.4 is 5.32 Å². The predicted octanol–water partition coefficient (Wildman–Crippen LogP) is 0.436. The van der Waals surface area contributed by atoms with Crippen molar-refractivity contribution in [1.82, 2.24) is 10.3 Å². The molecule has 2 N–H and O–H groups in total. The van der Waals surface area contributed by atoms with Crippen LogP contribution in [0.4, 0.5) is 4.39 Å². The van der Waals surface area contributed by atoms with Gasteiger partial charge < -0.3 is 10.4 Å². The summed E-state index contributed by atoms with van der Waals surface area (Å²) in [7, 11) is 1.52. The third-order valence-electron chi connectivity index (χ3n) is 1.91. The molecule has 0 aromatic carbocycles. The Hall–Kier alpha value is -1.49. The highest BCUT2D eigenvalue weighted by atomic mass is 19.1. The van der Waals surface area contributed by atoms with Gasteiger partial charge in [-0.1, -0.05) is 6.07 Å². The Morgan fingerprint density at radius 1 is 1.79 bits per heavy atom. The first-order valence-electron chi connectivity index (χ1n) is 4.14. The molecule has 1 atom stereocenters.